The SMILES string of the molecule is C#CC(C)CNC(=O)C(F)(F)F. The Balaban J connectivity index is 3.82. The highest BCUT2D eigenvalue weighted by Crippen LogP contribution is 2.13. The predicted molar refractivity (Wildman–Crippen MR) is 37.1 cm³/mol. The van der Waals surface area contributed by atoms with Crippen molar-refractivity contribution in [2.75, 3.05) is 6.54 Å². The standard InChI is InChI=1S/C7H8F3NO/c1-3-5(2)4-11-6(12)7(8,9)10/h1,5H,4H2,2H3,(H,11,12). The summed E-state index contributed by atoms with van der Waals surface area (Å²) < 4.78 is 34.6. The van der Waals surface area contributed by atoms with Gasteiger partial charge in [-0.05, 0) is 6.92 Å². The number of carbonyl (C=O) groups is 1. The summed E-state index contributed by atoms with van der Waals surface area (Å²) in [5, 5.41) is 1.67. The topological polar surface area (TPSA) is 29.1 Å². The Kier molecular flexibility index (Phi) is 3.61. The molecule has 0 radical (unpaired) electrons. The third-order valence-corrected chi connectivity index (χ3v) is 1.11. The number of carbonyl (C=O) groups excluding carboxylic acids is 1. The molecular weight excluding hydrogens is 171 g/mol. The van der Waals surface area contributed by atoms with Gasteiger partial charge < -0.3 is 5.32 Å². The Hall–Kier alpha value is -1.18. The van der Waals surface area contributed by atoms with Crippen LogP contribution in [0.15, 0.2) is 0 Å². The van der Waals surface area contributed by atoms with E-state index >= 15 is 0 Å². The van der Waals surface area contributed by atoms with Gasteiger partial charge in [-0.15, -0.1) is 12.3 Å². The van der Waals surface area contributed by atoms with E-state index in [1.54, 1.807) is 5.32 Å². The van der Waals surface area contributed by atoms with Gasteiger partial charge in [0.05, 0.1) is 0 Å². The number of nitrogens with one attached hydrogen (secondary N) is 1. The Morgan fingerprint density at radius 3 is 2.50 bits per heavy atom. The zero-order chi connectivity index (χ0) is 9.78. The average Bonchev–Trinajstić information content (AvgIpc) is 1.97. The van der Waals surface area contributed by atoms with Gasteiger partial charge >= 0.3 is 12.1 Å². The number of amides is 1. The van der Waals surface area contributed by atoms with Gasteiger partial charge in [0, 0.05) is 12.5 Å². The molecule has 0 aliphatic heterocycles. The van der Waals surface area contributed by atoms with Gasteiger partial charge in [0.2, 0.25) is 0 Å². The first kappa shape index (κ1) is 10.8. The van der Waals surface area contributed by atoms with Gasteiger partial charge in [-0.2, -0.15) is 13.2 Å². The fourth-order valence-electron chi connectivity index (χ4n) is 0.405. The maximum atomic E-state index is 11.5. The molecule has 1 unspecified atom stereocenters. The molecule has 0 aliphatic rings. The van der Waals surface area contributed by atoms with Crippen molar-refractivity contribution >= 4 is 5.91 Å². The lowest BCUT2D eigenvalue weighted by atomic mass is 10.2. The molecule has 12 heavy (non-hydrogen) atoms. The predicted octanol–water partition coefficient (Wildman–Crippen LogP) is 0.934. The summed E-state index contributed by atoms with van der Waals surface area (Å²) in [6.07, 6.45) is 0.0597. The smallest absolute Gasteiger partial charge is 0.347 e. The Morgan fingerprint density at radius 1 is 1.67 bits per heavy atom. The van der Waals surface area contributed by atoms with Gasteiger partial charge in [-0.1, -0.05) is 0 Å². The highest BCUT2D eigenvalue weighted by molar-refractivity contribution is 5.81. The van der Waals surface area contributed by atoms with Crippen molar-refractivity contribution in [2.24, 2.45) is 5.92 Å². The molecule has 68 valence electrons. The highest BCUT2D eigenvalue weighted by Gasteiger charge is 2.38. The maximum Gasteiger partial charge on any atom is 0.471 e. The molecule has 2 nitrogen and oxygen atoms in total. The number of hydrogen-bond acceptors (Lipinski definition) is 1. The summed E-state index contributed by atoms with van der Waals surface area (Å²) in [4.78, 5) is 10.2. The summed E-state index contributed by atoms with van der Waals surface area (Å²) in [5.41, 5.74) is 0. The third kappa shape index (κ3) is 3.86. The number of hydrogen-bond donors (Lipinski definition) is 1. The van der Waals surface area contributed by atoms with Crippen molar-refractivity contribution in [1.29, 1.82) is 0 Å². The van der Waals surface area contributed by atoms with Crippen LogP contribution in [0.25, 0.3) is 0 Å². The molecule has 1 N–H and O–H groups in total. The van der Waals surface area contributed by atoms with Crippen molar-refractivity contribution in [3.05, 3.63) is 0 Å². The molecule has 0 aromatic rings. The summed E-state index contributed by atoms with van der Waals surface area (Å²) in [5.74, 6) is -0.157. The molecule has 0 heterocycles. The molecule has 0 fully saturated rings. The molecule has 1 amide bonds. The first-order valence-electron chi connectivity index (χ1n) is 3.19. The van der Waals surface area contributed by atoms with Crippen molar-refractivity contribution in [3.63, 3.8) is 0 Å². The fraction of sp³-hybridized carbons (Fsp3) is 0.571. The van der Waals surface area contributed by atoms with E-state index in [1.807, 2.05) is 0 Å². The number of alkyl halides is 3. The summed E-state index contributed by atoms with van der Waals surface area (Å²) in [7, 11) is 0. The first-order valence-corrected chi connectivity index (χ1v) is 3.19. The van der Waals surface area contributed by atoms with E-state index in [9.17, 15) is 18.0 Å². The molecule has 0 bridgehead atoms. The number of terminal acetylenes is 1. The van der Waals surface area contributed by atoms with E-state index < -0.39 is 18.0 Å². The van der Waals surface area contributed by atoms with Gasteiger partial charge in [0.15, 0.2) is 0 Å². The van der Waals surface area contributed by atoms with E-state index in [2.05, 4.69) is 5.92 Å². The molecule has 0 aliphatic carbocycles. The zero-order valence-electron chi connectivity index (χ0n) is 6.40. The molecule has 5 heteroatoms. The zero-order valence-corrected chi connectivity index (χ0v) is 6.40. The summed E-state index contributed by atoms with van der Waals surface area (Å²) in [6.45, 7) is 1.38. The quantitative estimate of drug-likeness (QED) is 0.628. The molecular formula is C7H8F3NO. The lowest BCUT2D eigenvalue weighted by molar-refractivity contribution is -0.173. The Morgan fingerprint density at radius 2 is 2.17 bits per heavy atom. The van der Waals surface area contributed by atoms with Crippen LogP contribution in [0.2, 0.25) is 0 Å². The van der Waals surface area contributed by atoms with E-state index in [1.165, 1.54) is 6.92 Å². The second-order valence-corrected chi connectivity index (χ2v) is 2.28. The molecule has 0 rings (SSSR count). The average molecular weight is 179 g/mol. The minimum Gasteiger partial charge on any atom is -0.347 e. The monoisotopic (exact) mass is 179 g/mol. The minimum absolute atomic E-state index is 0.158. The van der Waals surface area contributed by atoms with Crippen LogP contribution < -0.4 is 5.32 Å². The second-order valence-electron chi connectivity index (χ2n) is 2.28. The van der Waals surface area contributed by atoms with Crippen LogP contribution in [-0.2, 0) is 4.79 Å². The lowest BCUT2D eigenvalue weighted by Gasteiger charge is -2.08. The van der Waals surface area contributed by atoms with Crippen LogP contribution in [-0.4, -0.2) is 18.6 Å². The first-order chi connectivity index (χ1) is 5.38. The lowest BCUT2D eigenvalue weighted by Crippen LogP contribution is -2.38. The van der Waals surface area contributed by atoms with Crippen molar-refractivity contribution in [1.82, 2.24) is 5.32 Å². The molecule has 0 aromatic carbocycles. The largest absolute Gasteiger partial charge is 0.471 e. The van der Waals surface area contributed by atoms with Gasteiger partial charge in [0.1, 0.15) is 0 Å². The van der Waals surface area contributed by atoms with Gasteiger partial charge in [-0.3, -0.25) is 4.79 Å². The van der Waals surface area contributed by atoms with Crippen LogP contribution in [0, 0.1) is 18.3 Å². The number of rotatable bonds is 2. The van der Waals surface area contributed by atoms with Crippen molar-refractivity contribution in [3.8, 4) is 12.3 Å². The van der Waals surface area contributed by atoms with Gasteiger partial charge in [-0.25, -0.2) is 0 Å². The second kappa shape index (κ2) is 4.00. The Labute approximate surface area is 68.1 Å². The normalized spacial score (nSPS) is 13.2. The van der Waals surface area contributed by atoms with Crippen LogP contribution in [0.1, 0.15) is 6.92 Å². The maximum absolute atomic E-state index is 11.5. The summed E-state index contributed by atoms with van der Waals surface area (Å²) in [6, 6.07) is 0. The van der Waals surface area contributed by atoms with E-state index in [0.717, 1.165) is 0 Å². The molecule has 0 saturated heterocycles. The van der Waals surface area contributed by atoms with Crippen molar-refractivity contribution < 1.29 is 18.0 Å². The van der Waals surface area contributed by atoms with Crippen molar-refractivity contribution in [2.45, 2.75) is 13.1 Å². The van der Waals surface area contributed by atoms with E-state index in [-0.39, 0.29) is 6.54 Å². The van der Waals surface area contributed by atoms with E-state index in [4.69, 9.17) is 6.42 Å². The molecule has 0 spiro atoms. The number of halogens is 3. The molecule has 0 saturated carbocycles. The highest BCUT2D eigenvalue weighted by atomic mass is 19.4. The minimum atomic E-state index is -4.83. The van der Waals surface area contributed by atoms with Crippen LogP contribution in [0.4, 0.5) is 13.2 Å². The fourth-order valence-corrected chi connectivity index (χ4v) is 0.405. The Bertz CT molecular complexity index is 204. The third-order valence-electron chi connectivity index (χ3n) is 1.11. The summed E-state index contributed by atoms with van der Waals surface area (Å²) >= 11 is 0. The molecule has 1 atom stereocenters. The van der Waals surface area contributed by atoms with E-state index in [0.29, 0.717) is 0 Å². The molecule has 0 aromatic heterocycles. The van der Waals surface area contributed by atoms with Gasteiger partial charge in [0.25, 0.3) is 0 Å². The van der Waals surface area contributed by atoms with Crippen LogP contribution in [0.3, 0.4) is 0 Å². The van der Waals surface area contributed by atoms with Crippen LogP contribution >= 0.6 is 0 Å². The van der Waals surface area contributed by atoms with Crippen LogP contribution in [0.5, 0.6) is 0 Å².